The fourth-order valence-corrected chi connectivity index (χ4v) is 1.32. The van der Waals surface area contributed by atoms with Gasteiger partial charge < -0.3 is 9.84 Å². The van der Waals surface area contributed by atoms with Gasteiger partial charge in [-0.2, -0.15) is 0 Å². The standard InChI is InChI=1S/C13H18O3/c1-8-5-6-12(10(3)15)13(7-8)16-11(4)9(2)14/h5-7,9,11,14H,1-4H3. The molecule has 1 aromatic carbocycles. The highest BCUT2D eigenvalue weighted by Gasteiger charge is 2.14. The van der Waals surface area contributed by atoms with E-state index in [4.69, 9.17) is 4.74 Å². The summed E-state index contributed by atoms with van der Waals surface area (Å²) >= 11 is 0. The Labute approximate surface area is 96.1 Å². The van der Waals surface area contributed by atoms with Crippen LogP contribution in [-0.4, -0.2) is 23.1 Å². The van der Waals surface area contributed by atoms with E-state index in [-0.39, 0.29) is 11.9 Å². The van der Waals surface area contributed by atoms with Crippen molar-refractivity contribution in [3.05, 3.63) is 29.3 Å². The van der Waals surface area contributed by atoms with Crippen molar-refractivity contribution in [2.75, 3.05) is 0 Å². The quantitative estimate of drug-likeness (QED) is 0.795. The van der Waals surface area contributed by atoms with Crippen LogP contribution in [0.15, 0.2) is 18.2 Å². The Morgan fingerprint density at radius 1 is 1.38 bits per heavy atom. The van der Waals surface area contributed by atoms with Gasteiger partial charge in [0.05, 0.1) is 11.7 Å². The lowest BCUT2D eigenvalue weighted by molar-refractivity contribution is 0.0594. The number of carbonyl (C=O) groups is 1. The molecule has 0 radical (unpaired) electrons. The number of aliphatic hydroxyl groups excluding tert-OH is 1. The highest BCUT2D eigenvalue weighted by molar-refractivity contribution is 5.96. The van der Waals surface area contributed by atoms with Crippen molar-refractivity contribution in [3.8, 4) is 5.75 Å². The zero-order valence-electron chi connectivity index (χ0n) is 10.2. The summed E-state index contributed by atoms with van der Waals surface area (Å²) < 4.78 is 5.58. The van der Waals surface area contributed by atoms with Gasteiger partial charge in [-0.25, -0.2) is 0 Å². The summed E-state index contributed by atoms with van der Waals surface area (Å²) in [5.41, 5.74) is 1.58. The van der Waals surface area contributed by atoms with Crippen molar-refractivity contribution in [3.63, 3.8) is 0 Å². The molecule has 1 rings (SSSR count). The van der Waals surface area contributed by atoms with Gasteiger partial charge in [0.2, 0.25) is 0 Å². The van der Waals surface area contributed by atoms with Gasteiger partial charge in [-0.3, -0.25) is 4.79 Å². The fourth-order valence-electron chi connectivity index (χ4n) is 1.32. The molecule has 0 spiro atoms. The van der Waals surface area contributed by atoms with Crippen LogP contribution >= 0.6 is 0 Å². The number of aryl methyl sites for hydroxylation is 1. The molecule has 0 aromatic heterocycles. The Morgan fingerprint density at radius 3 is 2.50 bits per heavy atom. The van der Waals surface area contributed by atoms with E-state index in [1.165, 1.54) is 6.92 Å². The first-order valence-electron chi connectivity index (χ1n) is 5.38. The monoisotopic (exact) mass is 222 g/mol. The number of ketones is 1. The second kappa shape index (κ2) is 5.12. The van der Waals surface area contributed by atoms with Crippen molar-refractivity contribution >= 4 is 5.78 Å². The number of hydrogen-bond donors (Lipinski definition) is 1. The largest absolute Gasteiger partial charge is 0.487 e. The molecule has 0 bridgehead atoms. The smallest absolute Gasteiger partial charge is 0.163 e. The molecule has 0 heterocycles. The van der Waals surface area contributed by atoms with Crippen LogP contribution in [0.5, 0.6) is 5.75 Å². The molecular weight excluding hydrogens is 204 g/mol. The number of ether oxygens (including phenoxy) is 1. The first-order valence-corrected chi connectivity index (χ1v) is 5.38. The van der Waals surface area contributed by atoms with Crippen molar-refractivity contribution in [1.29, 1.82) is 0 Å². The summed E-state index contributed by atoms with van der Waals surface area (Å²) in [6, 6.07) is 5.44. The molecule has 1 aromatic rings. The highest BCUT2D eigenvalue weighted by Crippen LogP contribution is 2.22. The summed E-state index contributed by atoms with van der Waals surface area (Å²) in [6.45, 7) is 6.87. The van der Waals surface area contributed by atoms with Crippen molar-refractivity contribution in [2.24, 2.45) is 0 Å². The first kappa shape index (κ1) is 12.7. The van der Waals surface area contributed by atoms with Crippen molar-refractivity contribution in [1.82, 2.24) is 0 Å². The molecule has 0 fully saturated rings. The highest BCUT2D eigenvalue weighted by atomic mass is 16.5. The average molecular weight is 222 g/mol. The molecule has 2 unspecified atom stereocenters. The van der Waals surface area contributed by atoms with Gasteiger partial charge in [-0.05, 0) is 45.4 Å². The minimum atomic E-state index is -0.569. The minimum absolute atomic E-state index is 0.0345. The molecule has 2 atom stereocenters. The molecule has 3 heteroatoms. The number of carbonyl (C=O) groups excluding carboxylic acids is 1. The predicted octanol–water partition coefficient (Wildman–Crippen LogP) is 2.35. The van der Waals surface area contributed by atoms with Gasteiger partial charge in [0, 0.05) is 0 Å². The molecule has 0 aliphatic carbocycles. The summed E-state index contributed by atoms with van der Waals surface area (Å²) in [6.07, 6.45) is -0.903. The van der Waals surface area contributed by atoms with Gasteiger partial charge in [0.15, 0.2) is 5.78 Å². The third-order valence-electron chi connectivity index (χ3n) is 2.51. The van der Waals surface area contributed by atoms with Gasteiger partial charge in [-0.1, -0.05) is 6.07 Å². The molecule has 0 saturated carbocycles. The normalized spacial score (nSPS) is 14.3. The van der Waals surface area contributed by atoms with E-state index in [2.05, 4.69) is 0 Å². The van der Waals surface area contributed by atoms with Crippen LogP contribution in [-0.2, 0) is 0 Å². The third-order valence-corrected chi connectivity index (χ3v) is 2.51. The SMILES string of the molecule is CC(=O)c1ccc(C)cc1OC(C)C(C)O. The Hall–Kier alpha value is -1.35. The third kappa shape index (κ3) is 3.07. The predicted molar refractivity (Wildman–Crippen MR) is 63.0 cm³/mol. The van der Waals surface area contributed by atoms with Crippen LogP contribution < -0.4 is 4.74 Å². The average Bonchev–Trinajstić information content (AvgIpc) is 2.16. The van der Waals surface area contributed by atoms with Gasteiger partial charge in [0.25, 0.3) is 0 Å². The lowest BCUT2D eigenvalue weighted by atomic mass is 10.1. The van der Waals surface area contributed by atoms with E-state index in [0.717, 1.165) is 5.56 Å². The molecule has 16 heavy (non-hydrogen) atoms. The Kier molecular flexibility index (Phi) is 4.07. The Balaban J connectivity index is 3.01. The number of hydrogen-bond acceptors (Lipinski definition) is 3. The molecule has 0 aliphatic rings. The maximum atomic E-state index is 11.4. The van der Waals surface area contributed by atoms with Gasteiger partial charge >= 0.3 is 0 Å². The van der Waals surface area contributed by atoms with E-state index in [1.54, 1.807) is 19.9 Å². The molecule has 3 nitrogen and oxygen atoms in total. The molecule has 88 valence electrons. The van der Waals surface area contributed by atoms with E-state index >= 15 is 0 Å². The maximum Gasteiger partial charge on any atom is 0.163 e. The van der Waals surface area contributed by atoms with Crippen LogP contribution in [0.3, 0.4) is 0 Å². The lowest BCUT2D eigenvalue weighted by Gasteiger charge is -2.19. The second-order valence-corrected chi connectivity index (χ2v) is 4.12. The molecule has 1 N–H and O–H groups in total. The zero-order chi connectivity index (χ0) is 12.3. The summed E-state index contributed by atoms with van der Waals surface area (Å²) in [7, 11) is 0. The van der Waals surface area contributed by atoms with Gasteiger partial charge in [-0.15, -0.1) is 0 Å². The lowest BCUT2D eigenvalue weighted by Crippen LogP contribution is -2.26. The number of benzene rings is 1. The Morgan fingerprint density at radius 2 is 2.00 bits per heavy atom. The number of aliphatic hydroxyl groups is 1. The van der Waals surface area contributed by atoms with E-state index in [1.807, 2.05) is 19.1 Å². The molecular formula is C13H18O3. The second-order valence-electron chi connectivity index (χ2n) is 4.12. The minimum Gasteiger partial charge on any atom is -0.487 e. The number of Topliss-reactive ketones (excluding diaryl/α,β-unsaturated/α-hetero) is 1. The number of rotatable bonds is 4. The van der Waals surface area contributed by atoms with Crippen LogP contribution in [0.4, 0.5) is 0 Å². The zero-order valence-corrected chi connectivity index (χ0v) is 10.2. The van der Waals surface area contributed by atoms with Crippen molar-refractivity contribution < 1.29 is 14.6 Å². The van der Waals surface area contributed by atoms with Crippen LogP contribution in [0, 0.1) is 6.92 Å². The first-order chi connectivity index (χ1) is 7.41. The maximum absolute atomic E-state index is 11.4. The molecule has 0 aliphatic heterocycles. The van der Waals surface area contributed by atoms with E-state index in [0.29, 0.717) is 11.3 Å². The van der Waals surface area contributed by atoms with Crippen LogP contribution in [0.1, 0.15) is 36.7 Å². The molecule has 0 saturated heterocycles. The van der Waals surface area contributed by atoms with E-state index < -0.39 is 6.10 Å². The van der Waals surface area contributed by atoms with E-state index in [9.17, 15) is 9.90 Å². The fraction of sp³-hybridized carbons (Fsp3) is 0.462. The summed E-state index contributed by atoms with van der Waals surface area (Å²) in [5.74, 6) is 0.508. The summed E-state index contributed by atoms with van der Waals surface area (Å²) in [5, 5.41) is 9.37. The Bertz CT molecular complexity index is 383. The van der Waals surface area contributed by atoms with Crippen molar-refractivity contribution in [2.45, 2.75) is 39.9 Å². The van der Waals surface area contributed by atoms with Crippen LogP contribution in [0.25, 0.3) is 0 Å². The topological polar surface area (TPSA) is 46.5 Å². The molecule has 0 amide bonds. The van der Waals surface area contributed by atoms with Crippen LogP contribution in [0.2, 0.25) is 0 Å². The summed E-state index contributed by atoms with van der Waals surface area (Å²) in [4.78, 5) is 11.4. The van der Waals surface area contributed by atoms with Gasteiger partial charge in [0.1, 0.15) is 11.9 Å².